The lowest BCUT2D eigenvalue weighted by molar-refractivity contribution is 0.892. The Bertz CT molecular complexity index is 268. The van der Waals surface area contributed by atoms with E-state index in [1.54, 1.807) is 6.92 Å². The van der Waals surface area contributed by atoms with Gasteiger partial charge in [-0.3, -0.25) is 4.79 Å². The topological polar surface area (TPSA) is 34.9 Å². The van der Waals surface area contributed by atoms with Crippen LogP contribution >= 0.6 is 11.8 Å². The van der Waals surface area contributed by atoms with E-state index in [0.29, 0.717) is 0 Å². The maximum atomic E-state index is 10.6. The Kier molecular flexibility index (Phi) is 1.53. The van der Waals surface area contributed by atoms with Gasteiger partial charge in [-0.1, -0.05) is 0 Å². The Morgan fingerprint density at radius 2 is 2.44 bits per heavy atom. The number of aromatic nitrogens is 2. The molecule has 0 spiro atoms. The van der Waals surface area contributed by atoms with Crippen LogP contribution in [0.1, 0.15) is 5.56 Å². The molecule has 0 aliphatic heterocycles. The van der Waals surface area contributed by atoms with Crippen LogP contribution in [0.3, 0.4) is 0 Å². The quantitative estimate of drug-likeness (QED) is 0.533. The van der Waals surface area contributed by atoms with E-state index in [1.165, 1.54) is 12.3 Å². The number of rotatable bonds is 0. The molecule has 0 atom stereocenters. The molecule has 0 unspecified atom stereocenters. The van der Waals surface area contributed by atoms with Crippen molar-refractivity contribution in [3.63, 3.8) is 0 Å². The highest BCUT2D eigenvalue weighted by atomic mass is 35.5. The average Bonchev–Trinajstić information content (AvgIpc) is 1.80. The number of hydrogen-bond acceptors (Lipinski definition) is 2. The minimum absolute atomic E-state index is 0.295. The largest absolute Gasteiger partial charge is 0.282 e. The number of halogens is 1. The van der Waals surface area contributed by atoms with Crippen LogP contribution in [0.4, 0.5) is 0 Å². The van der Waals surface area contributed by atoms with Crippen molar-refractivity contribution in [2.45, 2.75) is 6.92 Å². The van der Waals surface area contributed by atoms with E-state index < -0.39 is 0 Å². The third-order valence-corrected chi connectivity index (χ3v) is 1.15. The van der Waals surface area contributed by atoms with E-state index in [2.05, 4.69) is 5.10 Å². The molecular weight excluding hydrogens is 140 g/mol. The second-order valence-electron chi connectivity index (χ2n) is 1.73. The first-order chi connectivity index (χ1) is 4.20. The van der Waals surface area contributed by atoms with Crippen LogP contribution in [0.25, 0.3) is 0 Å². The van der Waals surface area contributed by atoms with Gasteiger partial charge in [-0.05, 0) is 12.5 Å². The SMILES string of the molecule is Cc1cnn(Cl)c(=O)c1. The third-order valence-electron chi connectivity index (χ3n) is 0.896. The van der Waals surface area contributed by atoms with E-state index in [4.69, 9.17) is 11.8 Å². The van der Waals surface area contributed by atoms with Gasteiger partial charge in [-0.15, -0.1) is 4.20 Å². The second kappa shape index (κ2) is 2.19. The molecule has 1 aromatic rings. The summed E-state index contributed by atoms with van der Waals surface area (Å²) in [6.07, 6.45) is 1.52. The van der Waals surface area contributed by atoms with Gasteiger partial charge in [0, 0.05) is 17.8 Å². The molecule has 1 aromatic heterocycles. The smallest absolute Gasteiger partial charge is 0.266 e. The lowest BCUT2D eigenvalue weighted by Crippen LogP contribution is -2.13. The van der Waals surface area contributed by atoms with E-state index >= 15 is 0 Å². The zero-order valence-electron chi connectivity index (χ0n) is 4.84. The molecule has 1 rings (SSSR count). The highest BCUT2D eigenvalue weighted by molar-refractivity contribution is 6.14. The number of nitrogens with zero attached hydrogens (tertiary/aromatic N) is 2. The van der Waals surface area contributed by atoms with Gasteiger partial charge >= 0.3 is 0 Å². The minimum Gasteiger partial charge on any atom is -0.266 e. The van der Waals surface area contributed by atoms with Crippen molar-refractivity contribution in [3.8, 4) is 0 Å². The molecule has 0 amide bonds. The van der Waals surface area contributed by atoms with Crippen LogP contribution in [-0.4, -0.2) is 9.30 Å². The van der Waals surface area contributed by atoms with Gasteiger partial charge in [0.15, 0.2) is 0 Å². The summed E-state index contributed by atoms with van der Waals surface area (Å²) < 4.78 is 0.771. The van der Waals surface area contributed by atoms with Crippen molar-refractivity contribution in [1.82, 2.24) is 9.30 Å². The molecule has 9 heavy (non-hydrogen) atoms. The highest BCUT2D eigenvalue weighted by Crippen LogP contribution is 1.86. The average molecular weight is 145 g/mol. The van der Waals surface area contributed by atoms with E-state index in [1.807, 2.05) is 0 Å². The number of hydrogen-bond donors (Lipinski definition) is 0. The molecule has 0 radical (unpaired) electrons. The Balaban J connectivity index is 3.34. The number of aryl methyl sites for hydroxylation is 1. The lowest BCUT2D eigenvalue weighted by atomic mass is 10.4. The zero-order chi connectivity index (χ0) is 6.85. The van der Waals surface area contributed by atoms with Gasteiger partial charge < -0.3 is 0 Å². The molecule has 1 heterocycles. The summed E-state index contributed by atoms with van der Waals surface area (Å²) in [7, 11) is 0. The minimum atomic E-state index is -0.295. The molecule has 0 N–H and O–H groups in total. The summed E-state index contributed by atoms with van der Waals surface area (Å²) in [6, 6.07) is 1.42. The second-order valence-corrected chi connectivity index (χ2v) is 2.05. The molecule has 0 aromatic carbocycles. The maximum absolute atomic E-state index is 10.6. The highest BCUT2D eigenvalue weighted by Gasteiger charge is 1.90. The normalized spacial score (nSPS) is 9.56. The Morgan fingerprint density at radius 3 is 2.89 bits per heavy atom. The summed E-state index contributed by atoms with van der Waals surface area (Å²) in [5.41, 5.74) is 0.522. The molecule has 3 nitrogen and oxygen atoms in total. The maximum Gasteiger partial charge on any atom is 0.282 e. The summed E-state index contributed by atoms with van der Waals surface area (Å²) in [5, 5.41) is 3.55. The van der Waals surface area contributed by atoms with E-state index in [-0.39, 0.29) is 5.56 Å². The molecule has 0 aliphatic carbocycles. The molecule has 0 bridgehead atoms. The van der Waals surface area contributed by atoms with Gasteiger partial charge in [-0.2, -0.15) is 5.10 Å². The zero-order valence-corrected chi connectivity index (χ0v) is 5.59. The van der Waals surface area contributed by atoms with Crippen LogP contribution in [0.15, 0.2) is 17.1 Å². The molecule has 0 saturated carbocycles. The fourth-order valence-electron chi connectivity index (χ4n) is 0.484. The summed E-state index contributed by atoms with van der Waals surface area (Å²) in [4.78, 5) is 10.6. The lowest BCUT2D eigenvalue weighted by Gasteiger charge is -1.89. The third kappa shape index (κ3) is 1.29. The molecular formula is C5H5ClN2O. The predicted octanol–water partition coefficient (Wildman–Crippen LogP) is 0.554. The van der Waals surface area contributed by atoms with Crippen molar-refractivity contribution >= 4 is 11.8 Å². The van der Waals surface area contributed by atoms with Crippen molar-refractivity contribution in [2.24, 2.45) is 0 Å². The molecule has 0 aliphatic rings. The van der Waals surface area contributed by atoms with Crippen molar-refractivity contribution in [1.29, 1.82) is 0 Å². The van der Waals surface area contributed by atoms with Crippen LogP contribution < -0.4 is 5.56 Å². The first-order valence-corrected chi connectivity index (χ1v) is 2.76. The summed E-state index contributed by atoms with van der Waals surface area (Å²) in [5.74, 6) is 0. The molecule has 4 heteroatoms. The van der Waals surface area contributed by atoms with Crippen molar-refractivity contribution in [2.75, 3.05) is 0 Å². The monoisotopic (exact) mass is 144 g/mol. The summed E-state index contributed by atoms with van der Waals surface area (Å²) >= 11 is 5.27. The Labute approximate surface area is 57.0 Å². The van der Waals surface area contributed by atoms with E-state index in [9.17, 15) is 4.79 Å². The van der Waals surface area contributed by atoms with Gasteiger partial charge in [0.05, 0.1) is 6.20 Å². The fourth-order valence-corrected chi connectivity index (χ4v) is 0.576. The van der Waals surface area contributed by atoms with Gasteiger partial charge in [0.1, 0.15) is 0 Å². The first kappa shape index (κ1) is 6.29. The van der Waals surface area contributed by atoms with E-state index in [0.717, 1.165) is 9.76 Å². The summed E-state index contributed by atoms with van der Waals surface area (Å²) in [6.45, 7) is 1.78. The van der Waals surface area contributed by atoms with Crippen molar-refractivity contribution < 1.29 is 0 Å². The molecule has 48 valence electrons. The molecule has 0 fully saturated rings. The van der Waals surface area contributed by atoms with Gasteiger partial charge in [0.2, 0.25) is 0 Å². The van der Waals surface area contributed by atoms with Crippen LogP contribution in [0.5, 0.6) is 0 Å². The van der Waals surface area contributed by atoms with Crippen molar-refractivity contribution in [3.05, 3.63) is 28.2 Å². The van der Waals surface area contributed by atoms with Crippen LogP contribution in [0.2, 0.25) is 0 Å². The standard InChI is InChI=1S/C5H5ClN2O/c1-4-2-5(9)8(6)7-3-4/h2-3H,1H3. The first-order valence-electron chi connectivity index (χ1n) is 2.42. The Morgan fingerprint density at radius 1 is 1.78 bits per heavy atom. The molecule has 0 saturated heterocycles. The fraction of sp³-hybridized carbons (Fsp3) is 0.200. The van der Waals surface area contributed by atoms with Gasteiger partial charge in [0.25, 0.3) is 5.56 Å². The Hall–Kier alpha value is -0.830. The van der Waals surface area contributed by atoms with Crippen LogP contribution in [-0.2, 0) is 0 Å². The van der Waals surface area contributed by atoms with Gasteiger partial charge in [-0.25, -0.2) is 0 Å². The van der Waals surface area contributed by atoms with Crippen LogP contribution in [0, 0.1) is 6.92 Å². The predicted molar refractivity (Wildman–Crippen MR) is 34.5 cm³/mol.